The van der Waals surface area contributed by atoms with E-state index in [4.69, 9.17) is 4.74 Å². The quantitative estimate of drug-likeness (QED) is 0.938. The molecule has 1 aromatic heterocycles. The molecule has 1 aliphatic rings. The standard InChI is InChI=1S/C16H18FN3O/c17-14-6-1-2-7-15(14)21-13-10-19-16(20-11-13)9-12-5-3-4-8-18-12/h1-2,6-7,10-12,18H,3-5,8-9H2. The van der Waals surface area contributed by atoms with Crippen molar-refractivity contribution in [3.05, 3.63) is 48.3 Å². The second-order valence-corrected chi connectivity index (χ2v) is 5.22. The van der Waals surface area contributed by atoms with E-state index < -0.39 is 5.82 Å². The number of para-hydroxylation sites is 1. The molecule has 1 N–H and O–H groups in total. The second-order valence-electron chi connectivity index (χ2n) is 5.22. The van der Waals surface area contributed by atoms with Gasteiger partial charge in [0, 0.05) is 12.5 Å². The Morgan fingerprint density at radius 3 is 2.71 bits per heavy atom. The van der Waals surface area contributed by atoms with Crippen molar-refractivity contribution in [3.63, 3.8) is 0 Å². The highest BCUT2D eigenvalue weighted by atomic mass is 19.1. The zero-order valence-electron chi connectivity index (χ0n) is 11.8. The number of benzene rings is 1. The molecule has 2 heterocycles. The third-order valence-electron chi connectivity index (χ3n) is 3.59. The van der Waals surface area contributed by atoms with Crippen LogP contribution in [0.25, 0.3) is 0 Å². The molecule has 0 radical (unpaired) electrons. The lowest BCUT2D eigenvalue weighted by atomic mass is 10.0. The van der Waals surface area contributed by atoms with Gasteiger partial charge in [-0.05, 0) is 31.5 Å². The molecule has 1 unspecified atom stereocenters. The van der Waals surface area contributed by atoms with Crippen LogP contribution in [0.4, 0.5) is 4.39 Å². The normalized spacial score (nSPS) is 18.4. The van der Waals surface area contributed by atoms with E-state index >= 15 is 0 Å². The molecule has 0 saturated carbocycles. The molecule has 0 spiro atoms. The van der Waals surface area contributed by atoms with Crippen molar-refractivity contribution in [2.75, 3.05) is 6.54 Å². The monoisotopic (exact) mass is 287 g/mol. The maximum absolute atomic E-state index is 13.5. The van der Waals surface area contributed by atoms with Crippen LogP contribution < -0.4 is 10.1 Å². The van der Waals surface area contributed by atoms with E-state index in [2.05, 4.69) is 15.3 Å². The third kappa shape index (κ3) is 3.76. The van der Waals surface area contributed by atoms with Gasteiger partial charge < -0.3 is 10.1 Å². The molecule has 1 fully saturated rings. The van der Waals surface area contributed by atoms with E-state index in [0.29, 0.717) is 11.8 Å². The first-order valence-electron chi connectivity index (χ1n) is 7.28. The van der Waals surface area contributed by atoms with Crippen molar-refractivity contribution in [3.8, 4) is 11.5 Å². The summed E-state index contributed by atoms with van der Waals surface area (Å²) < 4.78 is 18.9. The Kier molecular flexibility index (Phi) is 4.40. The van der Waals surface area contributed by atoms with Crippen LogP contribution >= 0.6 is 0 Å². The van der Waals surface area contributed by atoms with E-state index in [0.717, 1.165) is 25.2 Å². The Hall–Kier alpha value is -2.01. The number of rotatable bonds is 4. The number of piperidine rings is 1. The number of ether oxygens (including phenoxy) is 1. The van der Waals surface area contributed by atoms with E-state index in [9.17, 15) is 4.39 Å². The van der Waals surface area contributed by atoms with Crippen LogP contribution in [-0.2, 0) is 6.42 Å². The number of nitrogens with one attached hydrogen (secondary N) is 1. The van der Waals surface area contributed by atoms with Crippen LogP contribution in [-0.4, -0.2) is 22.6 Å². The molecule has 1 aliphatic heterocycles. The summed E-state index contributed by atoms with van der Waals surface area (Å²) in [5.41, 5.74) is 0. The van der Waals surface area contributed by atoms with Gasteiger partial charge in [0.2, 0.25) is 0 Å². The molecule has 5 heteroatoms. The summed E-state index contributed by atoms with van der Waals surface area (Å²) in [4.78, 5) is 8.60. The Balaban J connectivity index is 1.62. The summed E-state index contributed by atoms with van der Waals surface area (Å²) in [7, 11) is 0. The highest BCUT2D eigenvalue weighted by Gasteiger charge is 2.14. The minimum Gasteiger partial charge on any atom is -0.451 e. The Morgan fingerprint density at radius 2 is 2.00 bits per heavy atom. The highest BCUT2D eigenvalue weighted by molar-refractivity contribution is 5.29. The van der Waals surface area contributed by atoms with Crippen molar-refractivity contribution >= 4 is 0 Å². The van der Waals surface area contributed by atoms with Gasteiger partial charge in [-0.15, -0.1) is 0 Å². The molecular formula is C16H18FN3O. The summed E-state index contributed by atoms with van der Waals surface area (Å²) >= 11 is 0. The van der Waals surface area contributed by atoms with Crippen LogP contribution in [0.1, 0.15) is 25.1 Å². The summed E-state index contributed by atoms with van der Waals surface area (Å²) in [6.45, 7) is 1.07. The first kappa shape index (κ1) is 13.9. The third-order valence-corrected chi connectivity index (χ3v) is 3.59. The first-order valence-corrected chi connectivity index (χ1v) is 7.28. The number of hydrogen-bond acceptors (Lipinski definition) is 4. The number of aromatic nitrogens is 2. The summed E-state index contributed by atoms with van der Waals surface area (Å²) in [5.74, 6) is 1.02. The van der Waals surface area contributed by atoms with Crippen molar-refractivity contribution in [2.24, 2.45) is 0 Å². The summed E-state index contributed by atoms with van der Waals surface area (Å²) in [6.07, 6.45) is 7.67. The van der Waals surface area contributed by atoms with Crippen LogP contribution in [0.15, 0.2) is 36.7 Å². The largest absolute Gasteiger partial charge is 0.451 e. The van der Waals surface area contributed by atoms with Crippen LogP contribution in [0.5, 0.6) is 11.5 Å². The average Bonchev–Trinajstić information content (AvgIpc) is 2.52. The fraction of sp³-hybridized carbons (Fsp3) is 0.375. The van der Waals surface area contributed by atoms with E-state index in [1.54, 1.807) is 30.6 Å². The lowest BCUT2D eigenvalue weighted by molar-refractivity contribution is 0.393. The van der Waals surface area contributed by atoms with E-state index in [1.807, 2.05) is 0 Å². The molecule has 21 heavy (non-hydrogen) atoms. The Bertz CT molecular complexity index is 582. The van der Waals surface area contributed by atoms with Crippen LogP contribution in [0.3, 0.4) is 0 Å². The predicted molar refractivity (Wildman–Crippen MR) is 77.9 cm³/mol. The number of nitrogens with zero attached hydrogens (tertiary/aromatic N) is 2. The molecule has 110 valence electrons. The smallest absolute Gasteiger partial charge is 0.165 e. The van der Waals surface area contributed by atoms with Crippen molar-refractivity contribution in [1.82, 2.24) is 15.3 Å². The molecule has 1 atom stereocenters. The second kappa shape index (κ2) is 6.63. The van der Waals surface area contributed by atoms with Gasteiger partial charge in [-0.1, -0.05) is 18.6 Å². The van der Waals surface area contributed by atoms with Crippen LogP contribution in [0.2, 0.25) is 0 Å². The zero-order valence-corrected chi connectivity index (χ0v) is 11.8. The summed E-state index contributed by atoms with van der Waals surface area (Å²) in [6, 6.07) is 6.74. The van der Waals surface area contributed by atoms with Gasteiger partial charge in [-0.2, -0.15) is 0 Å². The maximum Gasteiger partial charge on any atom is 0.165 e. The SMILES string of the molecule is Fc1ccccc1Oc1cnc(CC2CCCCN2)nc1. The fourth-order valence-electron chi connectivity index (χ4n) is 2.47. The minimum atomic E-state index is -0.395. The Morgan fingerprint density at radius 1 is 1.19 bits per heavy atom. The minimum absolute atomic E-state index is 0.183. The van der Waals surface area contributed by atoms with E-state index in [1.165, 1.54) is 18.9 Å². The van der Waals surface area contributed by atoms with Gasteiger partial charge in [-0.25, -0.2) is 14.4 Å². The number of halogens is 1. The molecule has 0 amide bonds. The highest BCUT2D eigenvalue weighted by Crippen LogP contribution is 2.22. The van der Waals surface area contributed by atoms with Crippen LogP contribution in [0, 0.1) is 5.82 Å². The van der Waals surface area contributed by atoms with Crippen molar-refractivity contribution in [2.45, 2.75) is 31.7 Å². The molecule has 3 rings (SSSR count). The lowest BCUT2D eigenvalue weighted by Gasteiger charge is -2.22. The predicted octanol–water partition coefficient (Wildman–Crippen LogP) is 3.09. The Labute approximate surface area is 123 Å². The molecule has 1 saturated heterocycles. The molecule has 2 aromatic rings. The van der Waals surface area contributed by atoms with Gasteiger partial charge in [-0.3, -0.25) is 0 Å². The zero-order chi connectivity index (χ0) is 14.5. The summed E-state index contributed by atoms with van der Waals surface area (Å²) in [5, 5.41) is 3.47. The van der Waals surface area contributed by atoms with Gasteiger partial charge >= 0.3 is 0 Å². The van der Waals surface area contributed by atoms with Gasteiger partial charge in [0.25, 0.3) is 0 Å². The van der Waals surface area contributed by atoms with Crippen molar-refractivity contribution < 1.29 is 9.13 Å². The number of hydrogen-bond donors (Lipinski definition) is 1. The molecule has 0 bridgehead atoms. The van der Waals surface area contributed by atoms with Gasteiger partial charge in [0.05, 0.1) is 12.4 Å². The molecular weight excluding hydrogens is 269 g/mol. The topological polar surface area (TPSA) is 47.0 Å². The maximum atomic E-state index is 13.5. The van der Waals surface area contributed by atoms with Gasteiger partial charge in [0.15, 0.2) is 17.3 Å². The average molecular weight is 287 g/mol. The fourth-order valence-corrected chi connectivity index (χ4v) is 2.47. The first-order chi connectivity index (χ1) is 10.3. The van der Waals surface area contributed by atoms with Gasteiger partial charge in [0.1, 0.15) is 5.82 Å². The van der Waals surface area contributed by atoms with E-state index in [-0.39, 0.29) is 5.75 Å². The van der Waals surface area contributed by atoms with Crippen molar-refractivity contribution in [1.29, 1.82) is 0 Å². The molecule has 4 nitrogen and oxygen atoms in total. The molecule has 1 aromatic carbocycles. The lowest BCUT2D eigenvalue weighted by Crippen LogP contribution is -2.36. The molecule has 0 aliphatic carbocycles.